The number of carbonyl (C=O) groups excluding carboxylic acids is 1. The minimum absolute atomic E-state index is 0. The Morgan fingerprint density at radius 3 is 2.50 bits per heavy atom. The maximum atomic E-state index is 11.4. The first-order chi connectivity index (χ1) is 7.07. The van der Waals surface area contributed by atoms with Gasteiger partial charge < -0.3 is 10.6 Å². The number of aryl methyl sites for hydroxylation is 1. The minimum Gasteiger partial charge on any atom is -0.338 e. The molecular weight excluding hydrogens is 224 g/mol. The third kappa shape index (κ3) is 3.22. The van der Waals surface area contributed by atoms with E-state index in [0.29, 0.717) is 0 Å². The maximum Gasteiger partial charge on any atom is 0.236 e. The van der Waals surface area contributed by atoms with Gasteiger partial charge in [-0.3, -0.25) is 4.79 Å². The van der Waals surface area contributed by atoms with E-state index in [1.165, 1.54) is 11.1 Å². The molecule has 0 spiro atoms. The number of halogens is 1. The quantitative estimate of drug-likeness (QED) is 0.880. The van der Waals surface area contributed by atoms with Crippen molar-refractivity contribution in [3.8, 4) is 0 Å². The standard InChI is InChI=1S/C12H18N2O.ClH/c1-9-6-4-5-7-11(9)10(2)14(3)12(15)8-13;/h4-7,10H,8,13H2,1-3H3;1H. The average Bonchev–Trinajstić information content (AvgIpc) is 2.26. The summed E-state index contributed by atoms with van der Waals surface area (Å²) < 4.78 is 0. The molecule has 0 aliphatic heterocycles. The average molecular weight is 243 g/mol. The summed E-state index contributed by atoms with van der Waals surface area (Å²) in [5, 5.41) is 0. The Bertz CT molecular complexity index is 355. The van der Waals surface area contributed by atoms with Crippen molar-refractivity contribution in [1.29, 1.82) is 0 Å². The van der Waals surface area contributed by atoms with Gasteiger partial charge in [-0.15, -0.1) is 12.4 Å². The Balaban J connectivity index is 0.00000225. The van der Waals surface area contributed by atoms with Crippen LogP contribution in [0.5, 0.6) is 0 Å². The van der Waals surface area contributed by atoms with Crippen LogP contribution >= 0.6 is 12.4 Å². The van der Waals surface area contributed by atoms with Gasteiger partial charge in [0.05, 0.1) is 12.6 Å². The topological polar surface area (TPSA) is 46.3 Å². The van der Waals surface area contributed by atoms with Gasteiger partial charge in [-0.2, -0.15) is 0 Å². The summed E-state index contributed by atoms with van der Waals surface area (Å²) in [5.41, 5.74) is 7.70. The Morgan fingerprint density at radius 2 is 2.00 bits per heavy atom. The van der Waals surface area contributed by atoms with Crippen molar-refractivity contribution in [2.24, 2.45) is 5.73 Å². The fraction of sp³-hybridized carbons (Fsp3) is 0.417. The number of nitrogens with zero attached hydrogens (tertiary/aromatic N) is 1. The van der Waals surface area contributed by atoms with E-state index in [1.807, 2.05) is 38.1 Å². The molecule has 0 fully saturated rings. The molecule has 0 aliphatic carbocycles. The number of amides is 1. The molecule has 1 rings (SSSR count). The number of rotatable bonds is 3. The number of carbonyl (C=O) groups is 1. The van der Waals surface area contributed by atoms with Crippen LogP contribution in [0.3, 0.4) is 0 Å². The van der Waals surface area contributed by atoms with Crippen LogP contribution in [0.1, 0.15) is 24.1 Å². The van der Waals surface area contributed by atoms with Gasteiger partial charge in [-0.05, 0) is 25.0 Å². The zero-order chi connectivity index (χ0) is 11.4. The first-order valence-electron chi connectivity index (χ1n) is 5.09. The van der Waals surface area contributed by atoms with Gasteiger partial charge in [0.1, 0.15) is 0 Å². The zero-order valence-corrected chi connectivity index (χ0v) is 10.8. The summed E-state index contributed by atoms with van der Waals surface area (Å²) in [4.78, 5) is 13.1. The summed E-state index contributed by atoms with van der Waals surface area (Å²) >= 11 is 0. The largest absolute Gasteiger partial charge is 0.338 e. The third-order valence-corrected chi connectivity index (χ3v) is 2.79. The number of hydrogen-bond donors (Lipinski definition) is 1. The number of likely N-dealkylation sites (N-methyl/N-ethyl adjacent to an activating group) is 1. The SMILES string of the molecule is Cc1ccccc1C(C)N(C)C(=O)CN.Cl. The smallest absolute Gasteiger partial charge is 0.236 e. The van der Waals surface area contributed by atoms with Crippen LogP contribution in [-0.4, -0.2) is 24.4 Å². The highest BCUT2D eigenvalue weighted by atomic mass is 35.5. The van der Waals surface area contributed by atoms with Crippen molar-refractivity contribution < 1.29 is 4.79 Å². The number of hydrogen-bond acceptors (Lipinski definition) is 2. The summed E-state index contributed by atoms with van der Waals surface area (Å²) in [7, 11) is 1.78. The predicted molar refractivity (Wildman–Crippen MR) is 68.7 cm³/mol. The molecule has 3 nitrogen and oxygen atoms in total. The second-order valence-corrected chi connectivity index (χ2v) is 3.74. The Hall–Kier alpha value is -1.06. The molecule has 0 bridgehead atoms. The van der Waals surface area contributed by atoms with Crippen molar-refractivity contribution in [2.75, 3.05) is 13.6 Å². The predicted octanol–water partition coefficient (Wildman–Crippen LogP) is 1.89. The van der Waals surface area contributed by atoms with Crippen LogP contribution in [-0.2, 0) is 4.79 Å². The van der Waals surface area contributed by atoms with E-state index in [1.54, 1.807) is 11.9 Å². The van der Waals surface area contributed by atoms with E-state index < -0.39 is 0 Å². The number of nitrogens with two attached hydrogens (primary N) is 1. The van der Waals surface area contributed by atoms with Crippen LogP contribution in [0.15, 0.2) is 24.3 Å². The lowest BCUT2D eigenvalue weighted by Crippen LogP contribution is -2.34. The third-order valence-electron chi connectivity index (χ3n) is 2.79. The zero-order valence-electron chi connectivity index (χ0n) is 9.93. The minimum atomic E-state index is -0.0363. The normalized spacial score (nSPS) is 11.5. The molecule has 0 radical (unpaired) electrons. The molecule has 90 valence electrons. The lowest BCUT2D eigenvalue weighted by atomic mass is 10.0. The summed E-state index contributed by atoms with van der Waals surface area (Å²) in [5.74, 6) is -0.0363. The van der Waals surface area contributed by atoms with Crippen molar-refractivity contribution in [1.82, 2.24) is 4.90 Å². The molecule has 0 saturated heterocycles. The molecule has 0 aliphatic rings. The van der Waals surface area contributed by atoms with Crippen LogP contribution in [0, 0.1) is 6.92 Å². The highest BCUT2D eigenvalue weighted by Gasteiger charge is 2.16. The lowest BCUT2D eigenvalue weighted by Gasteiger charge is -2.26. The van der Waals surface area contributed by atoms with Gasteiger partial charge >= 0.3 is 0 Å². The first kappa shape index (κ1) is 14.9. The molecule has 16 heavy (non-hydrogen) atoms. The van der Waals surface area contributed by atoms with Gasteiger partial charge in [-0.1, -0.05) is 24.3 Å². The fourth-order valence-electron chi connectivity index (χ4n) is 1.62. The van der Waals surface area contributed by atoms with Gasteiger partial charge in [-0.25, -0.2) is 0 Å². The van der Waals surface area contributed by atoms with Crippen LogP contribution in [0.4, 0.5) is 0 Å². The second-order valence-electron chi connectivity index (χ2n) is 3.74. The molecule has 4 heteroatoms. The monoisotopic (exact) mass is 242 g/mol. The van der Waals surface area contributed by atoms with E-state index in [-0.39, 0.29) is 30.9 Å². The Kier molecular flexibility index (Phi) is 6.08. The molecule has 2 N–H and O–H groups in total. The molecule has 1 atom stereocenters. The summed E-state index contributed by atoms with van der Waals surface area (Å²) in [6.45, 7) is 4.12. The van der Waals surface area contributed by atoms with Crippen molar-refractivity contribution >= 4 is 18.3 Å². The van der Waals surface area contributed by atoms with E-state index in [9.17, 15) is 4.79 Å². The van der Waals surface area contributed by atoms with Crippen LogP contribution in [0.2, 0.25) is 0 Å². The second kappa shape index (κ2) is 6.51. The van der Waals surface area contributed by atoms with Crippen molar-refractivity contribution in [3.05, 3.63) is 35.4 Å². The first-order valence-corrected chi connectivity index (χ1v) is 5.09. The molecule has 1 aromatic rings. The van der Waals surface area contributed by atoms with E-state index in [0.717, 1.165) is 0 Å². The highest BCUT2D eigenvalue weighted by Crippen LogP contribution is 2.21. The fourth-order valence-corrected chi connectivity index (χ4v) is 1.62. The summed E-state index contributed by atoms with van der Waals surface area (Å²) in [6, 6.07) is 8.14. The van der Waals surface area contributed by atoms with Gasteiger partial charge in [0, 0.05) is 7.05 Å². The molecular formula is C12H19ClN2O. The maximum absolute atomic E-state index is 11.4. The highest BCUT2D eigenvalue weighted by molar-refractivity contribution is 5.85. The van der Waals surface area contributed by atoms with Gasteiger partial charge in [0.15, 0.2) is 0 Å². The lowest BCUT2D eigenvalue weighted by molar-refractivity contribution is -0.130. The summed E-state index contributed by atoms with van der Waals surface area (Å²) in [6.07, 6.45) is 0. The van der Waals surface area contributed by atoms with Gasteiger partial charge in [0.25, 0.3) is 0 Å². The molecule has 1 unspecified atom stereocenters. The number of benzene rings is 1. The van der Waals surface area contributed by atoms with E-state index >= 15 is 0 Å². The Morgan fingerprint density at radius 1 is 1.44 bits per heavy atom. The van der Waals surface area contributed by atoms with Gasteiger partial charge in [0.2, 0.25) is 5.91 Å². The van der Waals surface area contributed by atoms with Crippen LogP contribution in [0.25, 0.3) is 0 Å². The van der Waals surface area contributed by atoms with E-state index in [4.69, 9.17) is 5.73 Å². The van der Waals surface area contributed by atoms with Crippen molar-refractivity contribution in [3.63, 3.8) is 0 Å². The molecule has 0 heterocycles. The molecule has 1 amide bonds. The Labute approximate surface area is 103 Å². The molecule has 0 aromatic heterocycles. The van der Waals surface area contributed by atoms with Crippen LogP contribution < -0.4 is 5.73 Å². The molecule has 1 aromatic carbocycles. The molecule has 0 saturated carbocycles. The van der Waals surface area contributed by atoms with Crippen molar-refractivity contribution in [2.45, 2.75) is 19.9 Å². The van der Waals surface area contributed by atoms with E-state index in [2.05, 4.69) is 0 Å².